The number of nitrogens with zero attached hydrogens (tertiary/aromatic N) is 13. The van der Waals surface area contributed by atoms with Crippen LogP contribution in [0.15, 0.2) is 180 Å². The highest BCUT2D eigenvalue weighted by atomic mass is 32.2. The summed E-state index contributed by atoms with van der Waals surface area (Å²) >= 11 is 0. The zero-order valence-electron chi connectivity index (χ0n) is 60.7. The molecule has 1 unspecified atom stereocenters. The van der Waals surface area contributed by atoms with Crippen LogP contribution in [-0.4, -0.2) is 153 Å². The summed E-state index contributed by atoms with van der Waals surface area (Å²) in [6.45, 7) is 7.66. The third-order valence-corrected chi connectivity index (χ3v) is 25.1. The van der Waals surface area contributed by atoms with Gasteiger partial charge in [0.25, 0.3) is 35.3 Å². The van der Waals surface area contributed by atoms with Crippen LogP contribution in [0.1, 0.15) is 76.8 Å². The molecule has 1 aliphatic carbocycles. The van der Waals surface area contributed by atoms with Gasteiger partial charge in [0.15, 0.2) is 64.0 Å². The van der Waals surface area contributed by atoms with Crippen molar-refractivity contribution in [1.82, 2.24) is 76.0 Å². The van der Waals surface area contributed by atoms with Crippen molar-refractivity contribution in [3.05, 3.63) is 181 Å². The Balaban J connectivity index is 0.000000154. The molecule has 2 aliphatic rings. The highest BCUT2D eigenvalue weighted by Gasteiger charge is 2.31. The van der Waals surface area contributed by atoms with Crippen LogP contribution in [-0.2, 0) is 47.3 Å². The number of halogens is 3. The topological polar surface area (TPSA) is 411 Å². The van der Waals surface area contributed by atoms with Gasteiger partial charge < -0.3 is 50.7 Å². The Morgan fingerprint density at radius 3 is 1.30 bits per heavy atom. The number of sulfone groups is 3. The van der Waals surface area contributed by atoms with Crippen molar-refractivity contribution in [2.45, 2.75) is 115 Å². The van der Waals surface area contributed by atoms with Crippen LogP contribution in [0.4, 0.5) is 30.6 Å². The fourth-order valence-electron chi connectivity index (χ4n) is 12.0. The standard InChI is InChI=1S/C27H29FN6O3S.C25H25FN6O4S.C24H25FN6O3S/c1-16(2)38(35,36)20-10-8-18(9-11-20)23-15-31-25(29)24(32-23)27-34-33-26(37-27)21-12-7-17(13-22(21)28)14-30-19-5-3-4-6-19;1-28-13-15-2-7-19(20(26)12-15)24-31-32-25(36-24)22-23(27)29-14-21(30-22)16-3-5-17(6-4-16)37(33,34)18-8-10-35-11-9-18;1-15(12-13-31(2)3)35(32,33)17-10-8-16(9-11-17)20-14-27-22(26)21(28-20)24-30-29-23(34-24)18-6-4-5-7-19(18)25/h7-13,15-16,19,30H,3-6,14H2,1-2H3,(H2,29,31);2-7,12,14,18,28H,8-11,13H2,1H3,(H2,27,29);4-11,14-15H,12-13H2,1-3H3,(H2,26,27). The molecule has 1 saturated heterocycles. The first-order valence-corrected chi connectivity index (χ1v) is 39.7. The molecule has 7 heterocycles. The lowest BCUT2D eigenvalue weighted by atomic mass is 10.1. The molecule has 12 aromatic rings. The van der Waals surface area contributed by atoms with Crippen LogP contribution in [0, 0.1) is 17.5 Å². The van der Waals surface area contributed by atoms with E-state index in [0.29, 0.717) is 91.9 Å². The summed E-state index contributed by atoms with van der Waals surface area (Å²) in [5, 5.41) is 28.7. The minimum absolute atomic E-state index is 0.00245. The van der Waals surface area contributed by atoms with Crippen molar-refractivity contribution < 1.29 is 56.4 Å². The van der Waals surface area contributed by atoms with Crippen LogP contribution in [0.3, 0.4) is 0 Å². The lowest BCUT2D eigenvalue weighted by Crippen LogP contribution is -2.28. The number of nitrogens with one attached hydrogen (secondary N) is 2. The summed E-state index contributed by atoms with van der Waals surface area (Å²) in [6, 6.07) is 35.4. The number of nitrogens with two attached hydrogens (primary N) is 3. The van der Waals surface area contributed by atoms with Crippen molar-refractivity contribution in [3.63, 3.8) is 0 Å². The summed E-state index contributed by atoms with van der Waals surface area (Å²) in [6.07, 6.45) is 10.7. The van der Waals surface area contributed by atoms with E-state index < -0.39 is 62.7 Å². The van der Waals surface area contributed by atoms with Gasteiger partial charge in [0.05, 0.1) is 82.8 Å². The molecular weight excluding hydrogens is 1480 g/mol. The molecule has 1 aliphatic heterocycles. The summed E-state index contributed by atoms with van der Waals surface area (Å²) in [4.78, 5) is 28.7. The number of ether oxygens (including phenoxy) is 1. The van der Waals surface area contributed by atoms with Gasteiger partial charge in [0.2, 0.25) is 0 Å². The van der Waals surface area contributed by atoms with Crippen molar-refractivity contribution >= 4 is 47.0 Å². The first-order chi connectivity index (χ1) is 52.7. The van der Waals surface area contributed by atoms with E-state index in [4.69, 9.17) is 35.2 Å². The Hall–Kier alpha value is -11.1. The molecular formula is C76H79F3N18O10S3. The molecule has 1 atom stereocenters. The highest BCUT2D eigenvalue weighted by Crippen LogP contribution is 2.36. The number of rotatable bonds is 23. The van der Waals surface area contributed by atoms with Crippen LogP contribution in [0.5, 0.6) is 0 Å². The summed E-state index contributed by atoms with van der Waals surface area (Å²) in [7, 11) is -4.72. The summed E-state index contributed by atoms with van der Waals surface area (Å²) < 4.78 is 142. The summed E-state index contributed by atoms with van der Waals surface area (Å²) in [5.41, 5.74) is 23.8. The Morgan fingerprint density at radius 1 is 0.491 bits per heavy atom. The number of hydrogen-bond acceptors (Lipinski definition) is 28. The van der Waals surface area contributed by atoms with Crippen molar-refractivity contribution in [2.75, 3.05) is 58.1 Å². The van der Waals surface area contributed by atoms with Gasteiger partial charge >= 0.3 is 0 Å². The fraction of sp³-hybridized carbons (Fsp3) is 0.289. The smallest absolute Gasteiger partial charge is 0.270 e. The molecule has 34 heteroatoms. The molecule has 6 aromatic carbocycles. The second kappa shape index (κ2) is 34.2. The maximum Gasteiger partial charge on any atom is 0.270 e. The second-order valence-electron chi connectivity index (χ2n) is 26.7. The second-order valence-corrected chi connectivity index (χ2v) is 33.8. The van der Waals surface area contributed by atoms with Gasteiger partial charge in [-0.2, -0.15) is 0 Å². The number of hydrogen-bond donors (Lipinski definition) is 5. The molecule has 0 radical (unpaired) electrons. The predicted molar refractivity (Wildman–Crippen MR) is 407 cm³/mol. The van der Waals surface area contributed by atoms with Gasteiger partial charge in [-0.1, -0.05) is 73.5 Å². The number of nitrogen functional groups attached to an aromatic ring is 3. The minimum atomic E-state index is -3.47. The average molecular weight is 1560 g/mol. The average Bonchev–Trinajstić information content (AvgIpc) is 1.45. The highest BCUT2D eigenvalue weighted by molar-refractivity contribution is 7.92. The molecule has 2 fully saturated rings. The molecule has 8 N–H and O–H groups in total. The Kier molecular flexibility index (Phi) is 24.4. The van der Waals surface area contributed by atoms with E-state index in [-0.39, 0.29) is 101 Å². The maximum atomic E-state index is 14.9. The molecule has 572 valence electrons. The molecule has 0 bridgehead atoms. The van der Waals surface area contributed by atoms with Crippen LogP contribution < -0.4 is 27.8 Å². The van der Waals surface area contributed by atoms with E-state index in [9.17, 15) is 38.4 Å². The molecule has 0 spiro atoms. The van der Waals surface area contributed by atoms with Crippen molar-refractivity contribution in [2.24, 2.45) is 0 Å². The van der Waals surface area contributed by atoms with Gasteiger partial charge in [-0.25, -0.2) is 68.3 Å². The van der Waals surface area contributed by atoms with Gasteiger partial charge in [-0.3, -0.25) is 0 Å². The quantitative estimate of drug-likeness (QED) is 0.0397. The lowest BCUT2D eigenvalue weighted by molar-refractivity contribution is 0.0983. The van der Waals surface area contributed by atoms with E-state index in [1.165, 1.54) is 67.8 Å². The van der Waals surface area contributed by atoms with E-state index in [2.05, 4.69) is 71.1 Å². The molecule has 0 amide bonds. The van der Waals surface area contributed by atoms with Crippen LogP contribution >= 0.6 is 0 Å². The third kappa shape index (κ3) is 18.1. The maximum absolute atomic E-state index is 14.9. The van der Waals surface area contributed by atoms with Crippen LogP contribution in [0.2, 0.25) is 0 Å². The van der Waals surface area contributed by atoms with Gasteiger partial charge in [0, 0.05) is 49.0 Å². The number of aromatic nitrogens is 12. The lowest BCUT2D eigenvalue weighted by Gasteiger charge is -2.22. The van der Waals surface area contributed by atoms with Gasteiger partial charge in [-0.15, -0.1) is 30.6 Å². The zero-order chi connectivity index (χ0) is 78.0. The first kappa shape index (κ1) is 78.4. The first-order valence-electron chi connectivity index (χ1n) is 35.1. The minimum Gasteiger partial charge on any atom is -0.414 e. The SMILES string of the molecule is CC(C)S(=O)(=O)c1ccc(-c2cnc(N)c(-c3nnc(-c4ccc(CNC5CCCC5)cc4F)o3)n2)cc1.CC(CCN(C)C)S(=O)(=O)c1ccc(-c2cnc(N)c(-c3nnc(-c4ccccc4F)o3)n2)cc1.CNCc1ccc(-c2nnc(-c3nc(-c4ccc(S(=O)(=O)C5CCOCC5)cc4)cnc3N)o2)c(F)c1. The number of anilines is 3. The zero-order valence-corrected chi connectivity index (χ0v) is 63.2. The van der Waals surface area contributed by atoms with Gasteiger partial charge in [-0.05, 0) is 164 Å². The third-order valence-electron chi connectivity index (χ3n) is 18.4. The van der Waals surface area contributed by atoms with Crippen molar-refractivity contribution in [3.8, 4) is 103 Å². The predicted octanol–water partition coefficient (Wildman–Crippen LogP) is 11.7. The van der Waals surface area contributed by atoms with E-state index >= 15 is 0 Å². The normalized spacial score (nSPS) is 14.0. The molecule has 110 heavy (non-hydrogen) atoms. The molecule has 28 nitrogen and oxygen atoms in total. The van der Waals surface area contributed by atoms with Crippen LogP contribution in [0.25, 0.3) is 103 Å². The van der Waals surface area contributed by atoms with E-state index in [1.807, 2.05) is 25.1 Å². The van der Waals surface area contributed by atoms with E-state index in [1.54, 1.807) is 119 Å². The summed E-state index contributed by atoms with van der Waals surface area (Å²) in [5.74, 6) is -1.32. The monoisotopic (exact) mass is 1560 g/mol. The Bertz CT molecular complexity index is 5590. The largest absolute Gasteiger partial charge is 0.414 e. The number of benzene rings is 6. The Labute approximate surface area is 632 Å². The molecule has 6 aromatic heterocycles. The Morgan fingerprint density at radius 2 is 0.891 bits per heavy atom. The molecule has 1 saturated carbocycles. The van der Waals surface area contributed by atoms with E-state index in [0.717, 1.165) is 24.0 Å². The fourth-order valence-corrected chi connectivity index (χ4v) is 16.2. The van der Waals surface area contributed by atoms with Gasteiger partial charge in [0.1, 0.15) is 17.5 Å². The van der Waals surface area contributed by atoms with Crippen molar-refractivity contribution in [1.29, 1.82) is 0 Å². The molecule has 14 rings (SSSR count).